The van der Waals surface area contributed by atoms with Gasteiger partial charge in [0.1, 0.15) is 5.69 Å². The number of hydrogen-bond donors (Lipinski definition) is 1. The van der Waals surface area contributed by atoms with Crippen molar-refractivity contribution in [1.29, 1.82) is 0 Å². The Morgan fingerprint density at radius 2 is 1.58 bits per heavy atom. The Kier molecular flexibility index (Phi) is 3.65. The fraction of sp³-hybridized carbons (Fsp3) is 0.0500. The first-order chi connectivity index (χ1) is 12.6. The highest BCUT2D eigenvalue weighted by Gasteiger charge is 2.36. The number of amides is 3. The van der Waals surface area contributed by atoms with Gasteiger partial charge in [0.25, 0.3) is 17.7 Å². The number of rotatable bonds is 3. The van der Waals surface area contributed by atoms with Crippen LogP contribution in [0.5, 0.6) is 0 Å². The lowest BCUT2D eigenvalue weighted by atomic mass is 10.1. The monoisotopic (exact) mass is 345 g/mol. The summed E-state index contributed by atoms with van der Waals surface area (Å²) in [6.45, 7) is 0. The second kappa shape index (κ2) is 6.00. The van der Waals surface area contributed by atoms with Crippen LogP contribution in [0, 0.1) is 0 Å². The summed E-state index contributed by atoms with van der Waals surface area (Å²) in [5.74, 6) is -0.995. The van der Waals surface area contributed by atoms with Crippen molar-refractivity contribution < 1.29 is 14.4 Å². The number of hydrogen-bond acceptors (Lipinski definition) is 3. The van der Waals surface area contributed by atoms with Crippen LogP contribution in [0.2, 0.25) is 0 Å². The first kappa shape index (κ1) is 15.8. The van der Waals surface area contributed by atoms with E-state index in [0.29, 0.717) is 28.2 Å². The predicted octanol–water partition coefficient (Wildman–Crippen LogP) is 3.08. The topological polar surface area (TPSA) is 71.4 Å². The van der Waals surface area contributed by atoms with E-state index in [2.05, 4.69) is 5.32 Å². The molecule has 2 heterocycles. The van der Waals surface area contributed by atoms with Gasteiger partial charge >= 0.3 is 0 Å². The summed E-state index contributed by atoms with van der Waals surface area (Å²) >= 11 is 0. The molecule has 1 aromatic heterocycles. The highest BCUT2D eigenvalue weighted by Crippen LogP contribution is 2.29. The van der Waals surface area contributed by atoms with Crippen LogP contribution in [0.1, 0.15) is 31.2 Å². The van der Waals surface area contributed by atoms with Crippen molar-refractivity contribution in [2.45, 2.75) is 0 Å². The largest absolute Gasteiger partial charge is 0.347 e. The third-order valence-corrected chi connectivity index (χ3v) is 4.33. The van der Waals surface area contributed by atoms with E-state index >= 15 is 0 Å². The van der Waals surface area contributed by atoms with E-state index in [1.807, 2.05) is 0 Å². The Morgan fingerprint density at radius 1 is 0.885 bits per heavy atom. The maximum atomic E-state index is 12.6. The summed E-state index contributed by atoms with van der Waals surface area (Å²) < 4.78 is 1.71. The molecule has 1 aliphatic heterocycles. The third kappa shape index (κ3) is 2.48. The van der Waals surface area contributed by atoms with E-state index in [1.165, 1.54) is 0 Å². The molecule has 3 amide bonds. The number of aromatic nitrogens is 1. The average Bonchev–Trinajstić information content (AvgIpc) is 3.18. The summed E-state index contributed by atoms with van der Waals surface area (Å²) in [7, 11) is 1.78. The second-order valence-electron chi connectivity index (χ2n) is 6.00. The van der Waals surface area contributed by atoms with Gasteiger partial charge in [-0.2, -0.15) is 0 Å². The Balaban J connectivity index is 1.63. The number of carbonyl (C=O) groups is 3. The molecule has 2 aromatic carbocycles. The fourth-order valence-electron chi connectivity index (χ4n) is 3.04. The minimum Gasteiger partial charge on any atom is -0.347 e. The lowest BCUT2D eigenvalue weighted by Crippen LogP contribution is -2.29. The normalized spacial score (nSPS) is 13.0. The minimum atomic E-state index is -0.364. The molecule has 1 N–H and O–H groups in total. The highest BCUT2D eigenvalue weighted by atomic mass is 16.2. The fourth-order valence-corrected chi connectivity index (χ4v) is 3.04. The number of carbonyl (C=O) groups excluding carboxylic acids is 3. The van der Waals surface area contributed by atoms with Gasteiger partial charge in [0.05, 0.1) is 16.8 Å². The van der Waals surface area contributed by atoms with E-state index in [4.69, 9.17) is 0 Å². The first-order valence-corrected chi connectivity index (χ1v) is 8.07. The first-order valence-electron chi connectivity index (χ1n) is 8.07. The summed E-state index contributed by atoms with van der Waals surface area (Å²) in [5.41, 5.74) is 2.20. The van der Waals surface area contributed by atoms with E-state index < -0.39 is 0 Å². The number of nitrogens with one attached hydrogen (secondary N) is 1. The van der Waals surface area contributed by atoms with Gasteiger partial charge in [-0.25, -0.2) is 4.90 Å². The number of nitrogens with zero attached hydrogens (tertiary/aromatic N) is 2. The molecular weight excluding hydrogens is 330 g/mol. The van der Waals surface area contributed by atoms with E-state index in [-0.39, 0.29) is 17.7 Å². The summed E-state index contributed by atoms with van der Waals surface area (Å²) in [5, 5.41) is 2.79. The van der Waals surface area contributed by atoms with Crippen LogP contribution < -0.4 is 10.2 Å². The molecule has 0 radical (unpaired) electrons. The van der Waals surface area contributed by atoms with Gasteiger partial charge in [-0.05, 0) is 42.5 Å². The molecule has 0 unspecified atom stereocenters. The Morgan fingerprint density at radius 3 is 2.19 bits per heavy atom. The summed E-state index contributed by atoms with van der Waals surface area (Å²) in [6.07, 6.45) is 1.78. The molecule has 0 fully saturated rings. The molecular formula is C20H15N3O3. The standard InChI is InChI=1S/C20H15N3O3/c1-22-11-5-10-17(22)18(24)21-13-6-4-7-14(12-13)23-19(25)15-8-2-3-9-16(15)20(23)26/h2-12H,1H3,(H,21,24). The Bertz CT molecular complexity index is 1020. The molecule has 0 saturated heterocycles. The van der Waals surface area contributed by atoms with Crippen LogP contribution >= 0.6 is 0 Å². The SMILES string of the molecule is Cn1cccc1C(=O)Nc1cccc(N2C(=O)c3ccccc3C2=O)c1. The molecule has 0 atom stereocenters. The minimum absolute atomic E-state index is 0.267. The van der Waals surface area contributed by atoms with Crippen molar-refractivity contribution in [3.05, 3.63) is 83.7 Å². The third-order valence-electron chi connectivity index (χ3n) is 4.33. The number of benzene rings is 2. The van der Waals surface area contributed by atoms with Gasteiger partial charge in [-0.15, -0.1) is 0 Å². The average molecular weight is 345 g/mol. The summed E-state index contributed by atoms with van der Waals surface area (Å²) in [6, 6.07) is 16.9. The molecule has 6 heteroatoms. The van der Waals surface area contributed by atoms with Crippen LogP contribution in [0.25, 0.3) is 0 Å². The van der Waals surface area contributed by atoms with Crippen molar-refractivity contribution in [3.63, 3.8) is 0 Å². The van der Waals surface area contributed by atoms with Crippen molar-refractivity contribution in [1.82, 2.24) is 4.57 Å². The molecule has 3 aromatic rings. The molecule has 6 nitrogen and oxygen atoms in total. The molecule has 4 rings (SSSR count). The maximum absolute atomic E-state index is 12.6. The van der Waals surface area contributed by atoms with Crippen LogP contribution in [0.15, 0.2) is 66.9 Å². The Hall–Kier alpha value is -3.67. The maximum Gasteiger partial charge on any atom is 0.272 e. The number of aryl methyl sites for hydroxylation is 1. The zero-order valence-electron chi connectivity index (χ0n) is 14.0. The van der Waals surface area contributed by atoms with Crippen LogP contribution in [0.3, 0.4) is 0 Å². The highest BCUT2D eigenvalue weighted by molar-refractivity contribution is 6.34. The lowest BCUT2D eigenvalue weighted by molar-refractivity contribution is 0.0925. The zero-order chi connectivity index (χ0) is 18.3. The van der Waals surface area contributed by atoms with Crippen molar-refractivity contribution in [2.24, 2.45) is 7.05 Å². The smallest absolute Gasteiger partial charge is 0.272 e. The van der Waals surface area contributed by atoms with Gasteiger partial charge in [-0.1, -0.05) is 18.2 Å². The van der Waals surface area contributed by atoms with Crippen molar-refractivity contribution in [3.8, 4) is 0 Å². The lowest BCUT2D eigenvalue weighted by Gasteiger charge is -2.15. The molecule has 0 aliphatic carbocycles. The number of anilines is 2. The Labute approximate surface area is 149 Å². The van der Waals surface area contributed by atoms with Crippen molar-refractivity contribution >= 4 is 29.1 Å². The zero-order valence-corrected chi connectivity index (χ0v) is 14.0. The molecule has 0 saturated carbocycles. The van der Waals surface area contributed by atoms with Gasteiger partial charge in [0.15, 0.2) is 0 Å². The molecule has 128 valence electrons. The van der Waals surface area contributed by atoms with E-state index in [0.717, 1.165) is 4.90 Å². The van der Waals surface area contributed by atoms with Gasteiger partial charge < -0.3 is 9.88 Å². The number of imide groups is 1. The van der Waals surface area contributed by atoms with Gasteiger partial charge in [0.2, 0.25) is 0 Å². The van der Waals surface area contributed by atoms with Gasteiger partial charge in [0, 0.05) is 18.9 Å². The predicted molar refractivity (Wildman–Crippen MR) is 97.4 cm³/mol. The molecule has 0 bridgehead atoms. The van der Waals surface area contributed by atoms with Gasteiger partial charge in [-0.3, -0.25) is 14.4 Å². The van der Waals surface area contributed by atoms with Crippen molar-refractivity contribution in [2.75, 3.05) is 10.2 Å². The van der Waals surface area contributed by atoms with E-state index in [1.54, 1.807) is 78.5 Å². The summed E-state index contributed by atoms with van der Waals surface area (Å²) in [4.78, 5) is 38.7. The van der Waals surface area contributed by atoms with Crippen LogP contribution in [0.4, 0.5) is 11.4 Å². The second-order valence-corrected chi connectivity index (χ2v) is 6.00. The van der Waals surface area contributed by atoms with Crippen LogP contribution in [-0.2, 0) is 7.05 Å². The molecule has 1 aliphatic rings. The van der Waals surface area contributed by atoms with E-state index in [9.17, 15) is 14.4 Å². The molecule has 0 spiro atoms. The van der Waals surface area contributed by atoms with Crippen LogP contribution in [-0.4, -0.2) is 22.3 Å². The quantitative estimate of drug-likeness (QED) is 0.742. The number of fused-ring (bicyclic) bond motifs is 1. The molecule has 26 heavy (non-hydrogen) atoms.